The fourth-order valence-corrected chi connectivity index (χ4v) is 1.51. The van der Waals surface area contributed by atoms with Gasteiger partial charge in [-0.15, -0.1) is 0 Å². The van der Waals surface area contributed by atoms with Crippen molar-refractivity contribution in [2.75, 3.05) is 0 Å². The van der Waals surface area contributed by atoms with Gasteiger partial charge in [0.2, 0.25) is 0 Å². The lowest BCUT2D eigenvalue weighted by molar-refractivity contribution is 0.531. The highest BCUT2D eigenvalue weighted by molar-refractivity contribution is 6.52. The Morgan fingerprint density at radius 2 is 1.88 bits per heavy atom. The van der Waals surface area contributed by atoms with Gasteiger partial charge in [-0.05, 0) is 19.6 Å². The van der Waals surface area contributed by atoms with E-state index in [2.05, 4.69) is 37.7 Å². The highest BCUT2D eigenvalue weighted by Crippen LogP contribution is 2.16. The third kappa shape index (κ3) is 3.51. The zero-order valence-corrected chi connectivity index (χ0v) is 10.9. The maximum atomic E-state index is 5.83. The number of nitrogens with zero attached hydrogens (tertiary/aromatic N) is 2. The molecule has 16 heavy (non-hydrogen) atoms. The molecule has 0 unspecified atom stereocenters. The summed E-state index contributed by atoms with van der Waals surface area (Å²) in [7, 11) is 0. The molecule has 0 amide bonds. The molecule has 3 nitrogen and oxygen atoms in total. The predicted octanol–water partition coefficient (Wildman–Crippen LogP) is 3.32. The van der Waals surface area contributed by atoms with Gasteiger partial charge in [-0.2, -0.15) is 4.98 Å². The lowest BCUT2D eigenvalue weighted by atomic mass is 9.63. The minimum absolute atomic E-state index is 0.259. The Morgan fingerprint density at radius 1 is 1.25 bits per heavy atom. The first-order valence-corrected chi connectivity index (χ1v) is 6.09. The van der Waals surface area contributed by atoms with Crippen molar-refractivity contribution < 1.29 is 4.65 Å². The van der Waals surface area contributed by atoms with E-state index in [1.165, 1.54) is 0 Å². The molecule has 0 aromatic carbocycles. The predicted molar refractivity (Wildman–Crippen MR) is 68.2 cm³/mol. The summed E-state index contributed by atoms with van der Waals surface area (Å²) in [6.07, 6.45) is 2.02. The second kappa shape index (κ2) is 5.87. The molecule has 0 N–H and O–H groups in total. The number of aromatic nitrogens is 2. The number of aryl methyl sites for hydroxylation is 1. The van der Waals surface area contributed by atoms with Gasteiger partial charge in [0.15, 0.2) is 5.88 Å². The summed E-state index contributed by atoms with van der Waals surface area (Å²) in [5.41, 5.74) is 0.972. The van der Waals surface area contributed by atoms with Crippen LogP contribution in [0.3, 0.4) is 0 Å². The largest absolute Gasteiger partial charge is 0.548 e. The van der Waals surface area contributed by atoms with E-state index in [1.54, 1.807) is 0 Å². The monoisotopic (exact) mass is 220 g/mol. The summed E-state index contributed by atoms with van der Waals surface area (Å²) in [6.45, 7) is 10.7. The molecule has 4 heteroatoms. The van der Waals surface area contributed by atoms with Crippen molar-refractivity contribution in [3.05, 3.63) is 17.6 Å². The molecule has 0 saturated carbocycles. The first-order valence-electron chi connectivity index (χ1n) is 6.09. The molecule has 0 radical (unpaired) electrons. The van der Waals surface area contributed by atoms with Gasteiger partial charge in [0, 0.05) is 17.7 Å². The first kappa shape index (κ1) is 13.0. The third-order valence-corrected chi connectivity index (χ3v) is 2.56. The maximum absolute atomic E-state index is 5.83. The van der Waals surface area contributed by atoms with Crippen LogP contribution in [0.2, 0.25) is 12.6 Å². The van der Waals surface area contributed by atoms with Crippen LogP contribution in [-0.2, 0) is 0 Å². The quantitative estimate of drug-likeness (QED) is 0.714. The van der Waals surface area contributed by atoms with Gasteiger partial charge in [-0.25, -0.2) is 4.98 Å². The number of hydrogen-bond acceptors (Lipinski definition) is 3. The molecule has 0 spiro atoms. The van der Waals surface area contributed by atoms with E-state index in [4.69, 9.17) is 4.65 Å². The second-order valence-corrected chi connectivity index (χ2v) is 4.42. The molecular weight excluding hydrogens is 199 g/mol. The van der Waals surface area contributed by atoms with Gasteiger partial charge >= 0.3 is 6.92 Å². The molecule has 0 bridgehead atoms. The average molecular weight is 220 g/mol. The van der Waals surface area contributed by atoms with E-state index in [0.29, 0.717) is 11.8 Å². The van der Waals surface area contributed by atoms with Gasteiger partial charge in [-0.1, -0.05) is 27.7 Å². The summed E-state index contributed by atoms with van der Waals surface area (Å²) in [6, 6.07) is 1.91. The minimum atomic E-state index is 0.259. The maximum Gasteiger partial charge on any atom is 0.359 e. The van der Waals surface area contributed by atoms with Crippen LogP contribution in [0.1, 0.15) is 45.1 Å². The highest BCUT2D eigenvalue weighted by Gasteiger charge is 2.14. The number of hydrogen-bond donors (Lipinski definition) is 0. The van der Waals surface area contributed by atoms with Crippen molar-refractivity contribution in [3.8, 4) is 5.88 Å². The molecule has 1 aromatic heterocycles. The van der Waals surface area contributed by atoms with E-state index in [0.717, 1.165) is 24.2 Å². The summed E-state index contributed by atoms with van der Waals surface area (Å²) in [5.74, 6) is 1.91. The topological polar surface area (TPSA) is 35.0 Å². The molecule has 1 aromatic rings. The van der Waals surface area contributed by atoms with Crippen LogP contribution in [0.25, 0.3) is 0 Å². The lowest BCUT2D eigenvalue weighted by Crippen LogP contribution is -2.20. The third-order valence-electron chi connectivity index (χ3n) is 2.56. The second-order valence-electron chi connectivity index (χ2n) is 4.42. The van der Waals surface area contributed by atoms with E-state index in [9.17, 15) is 0 Å². The fraction of sp³-hybridized carbons (Fsp3) is 0.667. The van der Waals surface area contributed by atoms with E-state index in [-0.39, 0.29) is 6.92 Å². The van der Waals surface area contributed by atoms with Gasteiger partial charge in [0.1, 0.15) is 5.82 Å². The summed E-state index contributed by atoms with van der Waals surface area (Å²) < 4.78 is 5.83. The molecule has 0 fully saturated rings. The molecule has 0 aliphatic carbocycles. The molecule has 0 saturated heterocycles. The molecular formula is C12H21BN2O. The van der Waals surface area contributed by atoms with Crippen molar-refractivity contribution in [3.63, 3.8) is 0 Å². The van der Waals surface area contributed by atoms with Gasteiger partial charge < -0.3 is 4.65 Å². The van der Waals surface area contributed by atoms with Crippen molar-refractivity contribution >= 4 is 6.92 Å². The van der Waals surface area contributed by atoms with Crippen LogP contribution in [0.15, 0.2) is 6.07 Å². The Balaban J connectivity index is 2.87. The highest BCUT2D eigenvalue weighted by atomic mass is 16.4. The average Bonchev–Trinajstić information content (AvgIpc) is 2.25. The Hall–Kier alpha value is -1.06. The Morgan fingerprint density at radius 3 is 2.38 bits per heavy atom. The van der Waals surface area contributed by atoms with Crippen LogP contribution < -0.4 is 4.65 Å². The molecule has 1 heterocycles. The van der Waals surface area contributed by atoms with Crippen LogP contribution in [0.4, 0.5) is 0 Å². The molecule has 0 aliphatic rings. The Labute approximate surface area is 98.8 Å². The molecule has 88 valence electrons. The normalized spacial score (nSPS) is 10.6. The molecule has 0 atom stereocenters. The van der Waals surface area contributed by atoms with Crippen LogP contribution >= 0.6 is 0 Å². The van der Waals surface area contributed by atoms with Gasteiger partial charge in [0.05, 0.1) is 0 Å². The van der Waals surface area contributed by atoms with Gasteiger partial charge in [0.25, 0.3) is 0 Å². The minimum Gasteiger partial charge on any atom is -0.548 e. The SMILES string of the molecule is CCB(CC)Oc1cc(C)nc(C(C)C)n1. The van der Waals surface area contributed by atoms with E-state index < -0.39 is 0 Å². The summed E-state index contributed by atoms with van der Waals surface area (Å²) in [4.78, 5) is 8.84. The zero-order valence-electron chi connectivity index (χ0n) is 10.9. The van der Waals surface area contributed by atoms with Crippen LogP contribution in [0, 0.1) is 6.92 Å². The first-order chi connectivity index (χ1) is 7.56. The summed E-state index contributed by atoms with van der Waals surface area (Å²) >= 11 is 0. The van der Waals surface area contributed by atoms with Crippen molar-refractivity contribution in [2.24, 2.45) is 0 Å². The Bertz CT molecular complexity index is 338. The fourth-order valence-electron chi connectivity index (χ4n) is 1.51. The van der Waals surface area contributed by atoms with Crippen LogP contribution in [-0.4, -0.2) is 16.9 Å². The van der Waals surface area contributed by atoms with Crippen molar-refractivity contribution in [2.45, 2.75) is 53.2 Å². The smallest absolute Gasteiger partial charge is 0.359 e. The number of rotatable bonds is 5. The molecule has 0 aliphatic heterocycles. The van der Waals surface area contributed by atoms with Crippen molar-refractivity contribution in [1.29, 1.82) is 0 Å². The Kier molecular flexibility index (Phi) is 4.78. The summed E-state index contributed by atoms with van der Waals surface area (Å²) in [5, 5.41) is 0. The van der Waals surface area contributed by atoms with Crippen LogP contribution in [0.5, 0.6) is 5.88 Å². The van der Waals surface area contributed by atoms with Crippen molar-refractivity contribution in [1.82, 2.24) is 9.97 Å². The zero-order chi connectivity index (χ0) is 12.1. The molecule has 1 rings (SSSR count). The van der Waals surface area contributed by atoms with Gasteiger partial charge in [-0.3, -0.25) is 0 Å². The van der Waals surface area contributed by atoms with E-state index in [1.807, 2.05) is 13.0 Å². The lowest BCUT2D eigenvalue weighted by Gasteiger charge is -2.13. The standard InChI is InChI=1S/C12H21BN2O/c1-6-13(7-2)16-11-8-10(5)14-12(15-11)9(3)4/h8-9H,6-7H2,1-5H3. The van der Waals surface area contributed by atoms with E-state index >= 15 is 0 Å².